The fourth-order valence-corrected chi connectivity index (χ4v) is 2.65. The van der Waals surface area contributed by atoms with Crippen molar-refractivity contribution in [1.29, 1.82) is 0 Å². The van der Waals surface area contributed by atoms with Crippen LogP contribution >= 0.6 is 11.3 Å². The second kappa shape index (κ2) is 8.43. The van der Waals surface area contributed by atoms with E-state index in [9.17, 15) is 4.79 Å². The van der Waals surface area contributed by atoms with Gasteiger partial charge in [-0.15, -0.1) is 16.4 Å². The first kappa shape index (κ1) is 17.9. The van der Waals surface area contributed by atoms with Gasteiger partial charge >= 0.3 is 12.0 Å². The van der Waals surface area contributed by atoms with Crippen molar-refractivity contribution in [3.63, 3.8) is 0 Å². The Labute approximate surface area is 154 Å². The molecule has 3 aromatic rings. The number of rotatable bonds is 7. The predicted octanol–water partition coefficient (Wildman–Crippen LogP) is 4.32. The molecule has 0 saturated heterocycles. The molecule has 3 rings (SSSR count). The molecule has 2 aromatic heterocycles. The van der Waals surface area contributed by atoms with Crippen LogP contribution in [0.15, 0.2) is 34.1 Å². The summed E-state index contributed by atoms with van der Waals surface area (Å²) in [6, 6.07) is 6.66. The smallest absolute Gasteiger partial charge is 0.327 e. The molecule has 0 aliphatic heterocycles. The zero-order valence-corrected chi connectivity index (χ0v) is 15.3. The number of carbonyl (C=O) groups is 1. The van der Waals surface area contributed by atoms with Gasteiger partial charge in [-0.3, -0.25) is 5.32 Å². The molecule has 26 heavy (non-hydrogen) atoms. The second-order valence-corrected chi connectivity index (χ2v) is 6.53. The third-order valence-electron chi connectivity index (χ3n) is 3.36. The Bertz CT molecular complexity index is 859. The fourth-order valence-electron chi connectivity index (χ4n) is 2.07. The molecule has 0 fully saturated rings. The van der Waals surface area contributed by atoms with E-state index in [2.05, 4.69) is 32.7 Å². The van der Waals surface area contributed by atoms with Gasteiger partial charge in [-0.25, -0.2) is 9.78 Å². The maximum Gasteiger partial charge on any atom is 0.327 e. The normalized spacial score (nSPS) is 10.5. The van der Waals surface area contributed by atoms with Gasteiger partial charge in [-0.05, 0) is 37.6 Å². The molecule has 0 unspecified atom stereocenters. The molecule has 136 valence electrons. The number of thiazole rings is 1. The number of ether oxygens (including phenoxy) is 1. The highest BCUT2D eigenvalue weighted by Crippen LogP contribution is 2.22. The Morgan fingerprint density at radius 1 is 1.23 bits per heavy atom. The Hall–Kier alpha value is -2.94. The standard InChI is InChI=1S/C17H19N5O3S/c1-3-4-9-24-13-7-5-12(6-8-13)19-16(23)20-17-22-21-15(25-17)14-10-26-11(2)18-14/h5-8,10H,3-4,9H2,1-2H3,(H2,19,20,22,23). The van der Waals surface area contributed by atoms with Gasteiger partial charge in [0.15, 0.2) is 0 Å². The van der Waals surface area contributed by atoms with Crippen LogP contribution in [-0.2, 0) is 0 Å². The summed E-state index contributed by atoms with van der Waals surface area (Å²) in [5.41, 5.74) is 1.22. The molecule has 2 amide bonds. The first-order valence-corrected chi connectivity index (χ1v) is 9.09. The molecule has 0 saturated carbocycles. The van der Waals surface area contributed by atoms with Gasteiger partial charge in [0, 0.05) is 11.1 Å². The summed E-state index contributed by atoms with van der Waals surface area (Å²) in [6.45, 7) is 4.68. The maximum atomic E-state index is 12.0. The number of anilines is 2. The number of nitrogens with zero attached hydrogens (tertiary/aromatic N) is 3. The van der Waals surface area contributed by atoms with Crippen molar-refractivity contribution in [1.82, 2.24) is 15.2 Å². The van der Waals surface area contributed by atoms with Crippen molar-refractivity contribution in [2.45, 2.75) is 26.7 Å². The van der Waals surface area contributed by atoms with E-state index in [0.717, 1.165) is 23.6 Å². The van der Waals surface area contributed by atoms with Crippen LogP contribution in [-0.4, -0.2) is 27.8 Å². The monoisotopic (exact) mass is 373 g/mol. The molecular formula is C17H19N5O3S. The second-order valence-electron chi connectivity index (χ2n) is 5.47. The molecule has 0 atom stereocenters. The number of aryl methyl sites for hydroxylation is 1. The minimum atomic E-state index is -0.477. The highest BCUT2D eigenvalue weighted by Gasteiger charge is 2.13. The number of urea groups is 1. The molecule has 8 nitrogen and oxygen atoms in total. The van der Waals surface area contributed by atoms with Crippen LogP contribution in [0.2, 0.25) is 0 Å². The van der Waals surface area contributed by atoms with Gasteiger partial charge < -0.3 is 14.5 Å². The lowest BCUT2D eigenvalue weighted by Crippen LogP contribution is -2.19. The summed E-state index contributed by atoms with van der Waals surface area (Å²) in [6.07, 6.45) is 2.09. The number of benzene rings is 1. The molecule has 0 bridgehead atoms. The lowest BCUT2D eigenvalue weighted by atomic mass is 10.3. The lowest BCUT2D eigenvalue weighted by Gasteiger charge is -2.07. The van der Waals surface area contributed by atoms with Gasteiger partial charge in [-0.1, -0.05) is 18.4 Å². The summed E-state index contributed by atoms with van der Waals surface area (Å²) < 4.78 is 11.0. The van der Waals surface area contributed by atoms with E-state index in [-0.39, 0.29) is 11.9 Å². The lowest BCUT2D eigenvalue weighted by molar-refractivity contribution is 0.261. The number of hydrogen-bond acceptors (Lipinski definition) is 7. The van der Waals surface area contributed by atoms with Crippen molar-refractivity contribution in [3.8, 4) is 17.3 Å². The van der Waals surface area contributed by atoms with E-state index >= 15 is 0 Å². The van der Waals surface area contributed by atoms with Crippen LogP contribution < -0.4 is 15.4 Å². The minimum absolute atomic E-state index is 0.00247. The fraction of sp³-hybridized carbons (Fsp3) is 0.294. The zero-order valence-electron chi connectivity index (χ0n) is 14.5. The number of hydrogen-bond donors (Lipinski definition) is 2. The number of unbranched alkanes of at least 4 members (excludes halogenated alkanes) is 1. The van der Waals surface area contributed by atoms with Crippen LogP contribution in [0.25, 0.3) is 11.6 Å². The number of carbonyl (C=O) groups excluding carboxylic acids is 1. The van der Waals surface area contributed by atoms with Crippen LogP contribution in [0.5, 0.6) is 5.75 Å². The number of nitrogens with one attached hydrogen (secondary N) is 2. The Balaban J connectivity index is 1.53. The van der Waals surface area contributed by atoms with Crippen LogP contribution in [0.4, 0.5) is 16.5 Å². The summed E-state index contributed by atoms with van der Waals surface area (Å²) in [7, 11) is 0. The first-order chi connectivity index (χ1) is 12.6. The SMILES string of the molecule is CCCCOc1ccc(NC(=O)Nc2nnc(-c3csc(C)n3)o2)cc1. The van der Waals surface area contributed by atoms with Crippen LogP contribution in [0, 0.1) is 6.92 Å². The van der Waals surface area contributed by atoms with Crippen molar-refractivity contribution in [2.75, 3.05) is 17.2 Å². The number of amides is 2. The van der Waals surface area contributed by atoms with Crippen molar-refractivity contribution >= 4 is 29.1 Å². The minimum Gasteiger partial charge on any atom is -0.494 e. The quantitative estimate of drug-likeness (QED) is 0.598. The van der Waals surface area contributed by atoms with Gasteiger partial charge in [0.2, 0.25) is 0 Å². The summed E-state index contributed by atoms with van der Waals surface area (Å²) >= 11 is 1.48. The molecule has 2 N–H and O–H groups in total. The highest BCUT2D eigenvalue weighted by atomic mass is 32.1. The third kappa shape index (κ3) is 4.79. The topological polar surface area (TPSA) is 102 Å². The van der Waals surface area contributed by atoms with E-state index in [4.69, 9.17) is 9.15 Å². The van der Waals surface area contributed by atoms with E-state index in [0.29, 0.717) is 18.0 Å². The molecule has 2 heterocycles. The summed E-state index contributed by atoms with van der Waals surface area (Å²) in [4.78, 5) is 16.3. The summed E-state index contributed by atoms with van der Waals surface area (Å²) in [5.74, 6) is 1.03. The molecule has 0 aliphatic carbocycles. The van der Waals surface area contributed by atoms with Gasteiger partial charge in [0.05, 0.1) is 11.6 Å². The molecule has 0 spiro atoms. The first-order valence-electron chi connectivity index (χ1n) is 8.21. The number of aromatic nitrogens is 3. The zero-order chi connectivity index (χ0) is 18.4. The van der Waals surface area contributed by atoms with Crippen molar-refractivity contribution in [2.24, 2.45) is 0 Å². The van der Waals surface area contributed by atoms with Crippen molar-refractivity contribution < 1.29 is 13.9 Å². The predicted molar refractivity (Wildman–Crippen MR) is 99.6 cm³/mol. The van der Waals surface area contributed by atoms with Gasteiger partial charge in [0.25, 0.3) is 5.89 Å². The largest absolute Gasteiger partial charge is 0.494 e. The Kier molecular flexibility index (Phi) is 5.80. The maximum absolute atomic E-state index is 12.0. The van der Waals surface area contributed by atoms with Crippen LogP contribution in [0.3, 0.4) is 0 Å². The third-order valence-corrected chi connectivity index (χ3v) is 4.14. The van der Waals surface area contributed by atoms with Crippen LogP contribution in [0.1, 0.15) is 24.8 Å². The average Bonchev–Trinajstić information content (AvgIpc) is 3.25. The average molecular weight is 373 g/mol. The molecular weight excluding hydrogens is 354 g/mol. The van der Waals surface area contributed by atoms with E-state index < -0.39 is 6.03 Å². The highest BCUT2D eigenvalue weighted by molar-refractivity contribution is 7.09. The molecule has 0 aliphatic rings. The van der Waals surface area contributed by atoms with E-state index in [1.165, 1.54) is 11.3 Å². The van der Waals surface area contributed by atoms with E-state index in [1.54, 1.807) is 24.3 Å². The molecule has 1 aromatic carbocycles. The Morgan fingerprint density at radius 3 is 2.73 bits per heavy atom. The summed E-state index contributed by atoms with van der Waals surface area (Å²) in [5, 5.41) is 15.6. The molecule has 0 radical (unpaired) electrons. The molecule has 9 heteroatoms. The Morgan fingerprint density at radius 2 is 2.04 bits per heavy atom. The van der Waals surface area contributed by atoms with Gasteiger partial charge in [0.1, 0.15) is 11.4 Å². The van der Waals surface area contributed by atoms with Gasteiger partial charge in [-0.2, -0.15) is 0 Å². The van der Waals surface area contributed by atoms with Crippen molar-refractivity contribution in [3.05, 3.63) is 34.7 Å². The van der Waals surface area contributed by atoms with E-state index in [1.807, 2.05) is 12.3 Å².